The molecule has 0 saturated carbocycles. The number of fused-ring (bicyclic) bond motifs is 1. The molecule has 0 unspecified atom stereocenters. The second kappa shape index (κ2) is 9.59. The van der Waals surface area contributed by atoms with Crippen molar-refractivity contribution in [2.24, 2.45) is 0 Å². The van der Waals surface area contributed by atoms with E-state index in [1.54, 1.807) is 31.4 Å². The monoisotopic (exact) mass is 487 g/mol. The summed E-state index contributed by atoms with van der Waals surface area (Å²) in [4.78, 5) is 13.5. The van der Waals surface area contributed by atoms with Gasteiger partial charge in [-0.05, 0) is 50.3 Å². The zero-order valence-electron chi connectivity index (χ0n) is 17.6. The first-order valence-corrected chi connectivity index (χ1v) is 12.0. The van der Waals surface area contributed by atoms with Gasteiger partial charge in [-0.15, -0.1) is 21.5 Å². The van der Waals surface area contributed by atoms with Crippen molar-refractivity contribution in [3.8, 4) is 22.1 Å². The summed E-state index contributed by atoms with van der Waals surface area (Å²) in [7, 11) is 1.59. The van der Waals surface area contributed by atoms with Gasteiger partial charge in [0.25, 0.3) is 5.56 Å². The lowest BCUT2D eigenvalue weighted by molar-refractivity contribution is 0.414. The number of benzene rings is 1. The molecule has 166 valence electrons. The number of methoxy groups -OCH3 is 1. The van der Waals surface area contributed by atoms with E-state index in [1.165, 1.54) is 27.4 Å². The number of rotatable bonds is 7. The number of thiocarbonyl (C=S) groups is 1. The molecule has 0 aliphatic carbocycles. The van der Waals surface area contributed by atoms with Crippen LogP contribution in [0.25, 0.3) is 27.2 Å². The van der Waals surface area contributed by atoms with Crippen LogP contribution < -0.4 is 26.2 Å². The van der Waals surface area contributed by atoms with Crippen molar-refractivity contribution in [1.82, 2.24) is 25.3 Å². The number of hydrogen-bond acceptors (Lipinski definition) is 9. The Morgan fingerprint density at radius 2 is 1.97 bits per heavy atom. The van der Waals surface area contributed by atoms with E-state index in [2.05, 4.69) is 31.2 Å². The maximum Gasteiger partial charge on any atom is 0.282 e. The van der Waals surface area contributed by atoms with Crippen LogP contribution in [0.4, 0.5) is 10.1 Å². The molecule has 1 aromatic carbocycles. The third-order valence-electron chi connectivity index (χ3n) is 4.49. The first kappa shape index (κ1) is 22.1. The van der Waals surface area contributed by atoms with Crippen LogP contribution in [0.2, 0.25) is 0 Å². The number of ether oxygens (including phenoxy) is 1. The molecule has 0 amide bonds. The van der Waals surface area contributed by atoms with E-state index in [9.17, 15) is 4.79 Å². The van der Waals surface area contributed by atoms with Gasteiger partial charge < -0.3 is 20.7 Å². The minimum absolute atomic E-state index is 0.256. The summed E-state index contributed by atoms with van der Waals surface area (Å²) in [6.07, 6.45) is 0. The number of anilines is 2. The fraction of sp³-hybridized carbons (Fsp3) is 0.250. The Bertz CT molecular complexity index is 1310. The van der Waals surface area contributed by atoms with E-state index in [-0.39, 0.29) is 5.56 Å². The average molecular weight is 488 g/mol. The molecule has 4 aromatic rings. The van der Waals surface area contributed by atoms with Crippen molar-refractivity contribution < 1.29 is 4.74 Å². The van der Waals surface area contributed by atoms with Gasteiger partial charge >= 0.3 is 0 Å². The summed E-state index contributed by atoms with van der Waals surface area (Å²) in [5, 5.41) is 28.0. The van der Waals surface area contributed by atoms with Gasteiger partial charge in [-0.2, -0.15) is 9.78 Å². The Hall–Kier alpha value is -3.09. The molecule has 0 saturated heterocycles. The van der Waals surface area contributed by atoms with Crippen molar-refractivity contribution in [2.45, 2.75) is 13.8 Å². The molecule has 0 aliphatic rings. The molecule has 32 heavy (non-hydrogen) atoms. The van der Waals surface area contributed by atoms with Crippen molar-refractivity contribution in [3.05, 3.63) is 40.0 Å². The number of thiophene rings is 1. The summed E-state index contributed by atoms with van der Waals surface area (Å²) >= 11 is 8.12. The van der Waals surface area contributed by atoms with Crippen LogP contribution in [0.3, 0.4) is 0 Å². The second-order valence-electron chi connectivity index (χ2n) is 6.54. The maximum absolute atomic E-state index is 13.5. The standard InChI is InChI=1S/C20H21N7O2S3/c1-4-21-19(30)23-16-14-13(10-31-16)15(17-24-25-20(32-17)22-5-2)26-27(18(14)28)11-6-8-12(29-3)9-7-11/h6-10H,4-5H2,1-3H3,(H,22,25)(H2,21,23,30). The lowest BCUT2D eigenvalue weighted by Crippen LogP contribution is -2.28. The van der Waals surface area contributed by atoms with E-state index in [4.69, 9.17) is 17.0 Å². The summed E-state index contributed by atoms with van der Waals surface area (Å²) in [6.45, 7) is 5.36. The average Bonchev–Trinajstić information content (AvgIpc) is 3.43. The fourth-order valence-electron chi connectivity index (χ4n) is 3.05. The predicted octanol–water partition coefficient (Wildman–Crippen LogP) is 3.71. The highest BCUT2D eigenvalue weighted by molar-refractivity contribution is 7.80. The third-order valence-corrected chi connectivity index (χ3v) is 6.52. The van der Waals surface area contributed by atoms with Crippen molar-refractivity contribution in [2.75, 3.05) is 30.8 Å². The molecule has 9 nitrogen and oxygen atoms in total. The Balaban J connectivity index is 1.92. The fourth-order valence-corrected chi connectivity index (χ4v) is 5.11. The first-order chi connectivity index (χ1) is 15.5. The minimum Gasteiger partial charge on any atom is -0.497 e. The zero-order chi connectivity index (χ0) is 22.7. The summed E-state index contributed by atoms with van der Waals surface area (Å²) in [5.74, 6) is 0.691. The SMILES string of the molecule is CCNC(=S)Nc1scc2c(-c3nnc(NCC)s3)nn(-c3ccc(OC)cc3)c(=O)c12. The van der Waals surface area contributed by atoms with E-state index >= 15 is 0 Å². The first-order valence-electron chi connectivity index (χ1n) is 9.87. The molecule has 0 spiro atoms. The van der Waals surface area contributed by atoms with Gasteiger partial charge in [0.1, 0.15) is 16.4 Å². The molecule has 3 heterocycles. The van der Waals surface area contributed by atoms with Gasteiger partial charge in [-0.3, -0.25) is 4.79 Å². The molecule has 0 aliphatic heterocycles. The highest BCUT2D eigenvalue weighted by Crippen LogP contribution is 2.36. The van der Waals surface area contributed by atoms with Gasteiger partial charge in [0.05, 0.1) is 18.2 Å². The molecule has 0 atom stereocenters. The Labute approximate surface area is 197 Å². The van der Waals surface area contributed by atoms with Crippen LogP contribution in [-0.4, -0.2) is 45.3 Å². The van der Waals surface area contributed by atoms with Crippen molar-refractivity contribution in [3.63, 3.8) is 0 Å². The molecular formula is C20H21N7O2S3. The summed E-state index contributed by atoms with van der Waals surface area (Å²) < 4.78 is 6.61. The third kappa shape index (κ3) is 4.29. The Kier molecular flexibility index (Phi) is 6.63. The summed E-state index contributed by atoms with van der Waals surface area (Å²) in [6, 6.07) is 7.15. The molecule has 12 heteroatoms. The van der Waals surface area contributed by atoms with E-state index in [0.717, 1.165) is 6.54 Å². The van der Waals surface area contributed by atoms with Crippen LogP contribution in [0.5, 0.6) is 5.75 Å². The number of nitrogens with zero attached hydrogens (tertiary/aromatic N) is 4. The van der Waals surface area contributed by atoms with Crippen molar-refractivity contribution in [1.29, 1.82) is 0 Å². The molecule has 0 bridgehead atoms. The minimum atomic E-state index is -0.256. The number of aromatic nitrogens is 4. The molecule has 4 rings (SSSR count). The summed E-state index contributed by atoms with van der Waals surface area (Å²) in [5.41, 5.74) is 0.936. The van der Waals surface area contributed by atoms with Gasteiger partial charge in [-0.25, -0.2) is 0 Å². The molecule has 0 radical (unpaired) electrons. The highest BCUT2D eigenvalue weighted by atomic mass is 32.1. The number of nitrogens with one attached hydrogen (secondary N) is 3. The molecule has 3 aromatic heterocycles. The predicted molar refractivity (Wildman–Crippen MR) is 135 cm³/mol. The van der Waals surface area contributed by atoms with Gasteiger partial charge in [0.2, 0.25) is 5.13 Å². The smallest absolute Gasteiger partial charge is 0.282 e. The van der Waals surface area contributed by atoms with Crippen LogP contribution in [0.15, 0.2) is 34.4 Å². The van der Waals surface area contributed by atoms with Crippen LogP contribution in [0.1, 0.15) is 13.8 Å². The number of hydrogen-bond donors (Lipinski definition) is 3. The van der Waals surface area contributed by atoms with Crippen LogP contribution in [0, 0.1) is 0 Å². The lowest BCUT2D eigenvalue weighted by atomic mass is 10.2. The molecule has 3 N–H and O–H groups in total. The van der Waals surface area contributed by atoms with Crippen molar-refractivity contribution >= 4 is 60.9 Å². The van der Waals surface area contributed by atoms with Gasteiger partial charge in [0.15, 0.2) is 10.1 Å². The van der Waals surface area contributed by atoms with Crippen LogP contribution in [-0.2, 0) is 0 Å². The topological polar surface area (TPSA) is 106 Å². The van der Waals surface area contributed by atoms with E-state index in [0.29, 0.717) is 54.7 Å². The van der Waals surface area contributed by atoms with E-state index in [1.807, 2.05) is 19.2 Å². The van der Waals surface area contributed by atoms with Gasteiger partial charge in [-0.1, -0.05) is 11.3 Å². The largest absolute Gasteiger partial charge is 0.497 e. The normalized spacial score (nSPS) is 10.8. The van der Waals surface area contributed by atoms with Crippen LogP contribution >= 0.6 is 34.9 Å². The highest BCUT2D eigenvalue weighted by Gasteiger charge is 2.21. The van der Waals surface area contributed by atoms with Gasteiger partial charge in [0, 0.05) is 23.9 Å². The molecule has 0 fully saturated rings. The Morgan fingerprint density at radius 1 is 1.19 bits per heavy atom. The lowest BCUT2D eigenvalue weighted by Gasteiger charge is -2.10. The zero-order valence-corrected chi connectivity index (χ0v) is 20.1. The quantitative estimate of drug-likeness (QED) is 0.336. The Morgan fingerprint density at radius 3 is 2.66 bits per heavy atom. The molecular weight excluding hydrogens is 466 g/mol. The maximum atomic E-state index is 13.5. The second-order valence-corrected chi connectivity index (χ2v) is 8.81. The van der Waals surface area contributed by atoms with E-state index < -0.39 is 0 Å².